The Labute approximate surface area is 126 Å². The van der Waals surface area contributed by atoms with Crippen LogP contribution in [0.4, 0.5) is 5.82 Å². The van der Waals surface area contributed by atoms with E-state index in [0.717, 1.165) is 6.42 Å². The Morgan fingerprint density at radius 2 is 2.29 bits per heavy atom. The zero-order valence-electron chi connectivity index (χ0n) is 12.7. The largest absolute Gasteiger partial charge is 0.380 e. The Morgan fingerprint density at radius 3 is 2.95 bits per heavy atom. The molecule has 1 N–H and O–H groups in total. The summed E-state index contributed by atoms with van der Waals surface area (Å²) in [6.07, 6.45) is 2.33. The summed E-state index contributed by atoms with van der Waals surface area (Å²) in [6.45, 7) is 5.53. The van der Waals surface area contributed by atoms with Gasteiger partial charge in [-0.3, -0.25) is 0 Å². The summed E-state index contributed by atoms with van der Waals surface area (Å²) >= 11 is 0. The van der Waals surface area contributed by atoms with Crippen LogP contribution in [-0.4, -0.2) is 50.6 Å². The molecule has 0 radical (unpaired) electrons. The summed E-state index contributed by atoms with van der Waals surface area (Å²) in [5, 5.41) is 3.01. The normalized spacial score (nSPS) is 24.0. The second kappa shape index (κ2) is 6.72. The van der Waals surface area contributed by atoms with Gasteiger partial charge >= 0.3 is 0 Å². The molecule has 2 rings (SSSR count). The highest BCUT2D eigenvalue weighted by Crippen LogP contribution is 2.27. The third kappa shape index (κ3) is 3.36. The first-order valence-electron chi connectivity index (χ1n) is 7.22. The number of methoxy groups -OCH3 is 1. The van der Waals surface area contributed by atoms with E-state index in [2.05, 4.69) is 17.2 Å². The lowest BCUT2D eigenvalue weighted by Crippen LogP contribution is -2.46. The second-order valence-electron chi connectivity index (χ2n) is 5.28. The lowest BCUT2D eigenvalue weighted by atomic mass is 9.97. The van der Waals surface area contributed by atoms with Gasteiger partial charge in [0.1, 0.15) is 10.7 Å². The molecule has 1 fully saturated rings. The van der Waals surface area contributed by atoms with Crippen LogP contribution in [0.3, 0.4) is 0 Å². The minimum atomic E-state index is -3.55. The van der Waals surface area contributed by atoms with Gasteiger partial charge in [-0.25, -0.2) is 13.4 Å². The molecule has 7 heteroatoms. The third-order valence-corrected chi connectivity index (χ3v) is 5.78. The molecule has 0 saturated carbocycles. The summed E-state index contributed by atoms with van der Waals surface area (Å²) in [5.74, 6) is 0.774. The fourth-order valence-electron chi connectivity index (χ4n) is 2.57. The van der Waals surface area contributed by atoms with Gasteiger partial charge in [0.2, 0.25) is 10.0 Å². The van der Waals surface area contributed by atoms with Crippen LogP contribution in [0.1, 0.15) is 20.3 Å². The Kier molecular flexibility index (Phi) is 5.18. The number of nitrogens with zero attached hydrogens (tertiary/aromatic N) is 2. The number of anilines is 1. The first kappa shape index (κ1) is 16.2. The van der Waals surface area contributed by atoms with Gasteiger partial charge in [-0.05, 0) is 31.4 Å². The third-order valence-electron chi connectivity index (χ3n) is 3.89. The SMILES string of the molecule is CCNc1ncccc1S(=O)(=O)N1CCC(C)C(OC)C1. The number of rotatable bonds is 5. The van der Waals surface area contributed by atoms with Crippen molar-refractivity contribution in [2.24, 2.45) is 5.92 Å². The van der Waals surface area contributed by atoms with Crippen molar-refractivity contribution in [1.82, 2.24) is 9.29 Å². The number of nitrogens with one attached hydrogen (secondary N) is 1. The minimum absolute atomic E-state index is 0.0622. The molecule has 1 aromatic heterocycles. The molecule has 1 aliphatic heterocycles. The van der Waals surface area contributed by atoms with Crippen molar-refractivity contribution in [3.63, 3.8) is 0 Å². The Morgan fingerprint density at radius 1 is 1.52 bits per heavy atom. The van der Waals surface area contributed by atoms with Gasteiger partial charge in [0.25, 0.3) is 0 Å². The van der Waals surface area contributed by atoms with Gasteiger partial charge in [-0.1, -0.05) is 6.92 Å². The average molecular weight is 313 g/mol. The van der Waals surface area contributed by atoms with E-state index in [0.29, 0.717) is 31.4 Å². The van der Waals surface area contributed by atoms with E-state index < -0.39 is 10.0 Å². The monoisotopic (exact) mass is 313 g/mol. The highest BCUT2D eigenvalue weighted by atomic mass is 32.2. The zero-order valence-corrected chi connectivity index (χ0v) is 13.6. The van der Waals surface area contributed by atoms with E-state index in [4.69, 9.17) is 4.74 Å². The van der Waals surface area contributed by atoms with Gasteiger partial charge in [0, 0.05) is 32.9 Å². The Bertz CT molecular complexity index is 577. The Balaban J connectivity index is 2.30. The molecule has 0 spiro atoms. The first-order chi connectivity index (χ1) is 10.0. The van der Waals surface area contributed by atoms with Crippen LogP contribution in [0.25, 0.3) is 0 Å². The zero-order chi connectivity index (χ0) is 15.5. The molecule has 1 aliphatic rings. The fraction of sp³-hybridized carbons (Fsp3) is 0.643. The summed E-state index contributed by atoms with van der Waals surface area (Å²) in [6, 6.07) is 3.24. The van der Waals surface area contributed by atoms with E-state index in [1.807, 2.05) is 6.92 Å². The number of ether oxygens (including phenoxy) is 1. The van der Waals surface area contributed by atoms with E-state index in [9.17, 15) is 8.42 Å². The predicted molar refractivity (Wildman–Crippen MR) is 81.7 cm³/mol. The number of aromatic nitrogens is 1. The minimum Gasteiger partial charge on any atom is -0.380 e. The summed E-state index contributed by atoms with van der Waals surface area (Å²) in [4.78, 5) is 4.37. The van der Waals surface area contributed by atoms with Crippen LogP contribution in [0, 0.1) is 5.92 Å². The molecule has 1 saturated heterocycles. The van der Waals surface area contributed by atoms with Crippen LogP contribution >= 0.6 is 0 Å². The number of hydrogen-bond acceptors (Lipinski definition) is 5. The van der Waals surface area contributed by atoms with Crippen LogP contribution in [0.2, 0.25) is 0 Å². The first-order valence-corrected chi connectivity index (χ1v) is 8.66. The molecule has 0 bridgehead atoms. The van der Waals surface area contributed by atoms with Crippen molar-refractivity contribution < 1.29 is 13.2 Å². The maximum Gasteiger partial charge on any atom is 0.246 e. The van der Waals surface area contributed by atoms with Gasteiger partial charge in [0.05, 0.1) is 6.10 Å². The molecular formula is C14H23N3O3S. The Hall–Kier alpha value is -1.18. The van der Waals surface area contributed by atoms with E-state index in [1.54, 1.807) is 25.4 Å². The number of hydrogen-bond donors (Lipinski definition) is 1. The molecule has 0 aromatic carbocycles. The van der Waals surface area contributed by atoms with Crippen LogP contribution in [0.5, 0.6) is 0 Å². The lowest BCUT2D eigenvalue weighted by Gasteiger charge is -2.35. The number of sulfonamides is 1. The molecule has 1 aromatic rings. The van der Waals surface area contributed by atoms with Crippen molar-refractivity contribution in [1.29, 1.82) is 0 Å². The molecule has 21 heavy (non-hydrogen) atoms. The maximum atomic E-state index is 12.8. The molecule has 2 heterocycles. The van der Waals surface area contributed by atoms with Gasteiger partial charge in [-0.15, -0.1) is 0 Å². The molecule has 2 atom stereocenters. The van der Waals surface area contributed by atoms with Gasteiger partial charge < -0.3 is 10.1 Å². The molecular weight excluding hydrogens is 290 g/mol. The summed E-state index contributed by atoms with van der Waals surface area (Å²) in [7, 11) is -1.92. The van der Waals surface area contributed by atoms with Crippen LogP contribution in [-0.2, 0) is 14.8 Å². The van der Waals surface area contributed by atoms with Crippen LogP contribution in [0.15, 0.2) is 23.2 Å². The van der Waals surface area contributed by atoms with Crippen molar-refractivity contribution in [2.45, 2.75) is 31.3 Å². The van der Waals surface area contributed by atoms with Crippen molar-refractivity contribution in [3.8, 4) is 0 Å². The smallest absolute Gasteiger partial charge is 0.246 e. The number of pyridine rings is 1. The van der Waals surface area contributed by atoms with E-state index >= 15 is 0 Å². The summed E-state index contributed by atoms with van der Waals surface area (Å²) in [5.41, 5.74) is 0. The topological polar surface area (TPSA) is 71.5 Å². The highest BCUT2D eigenvalue weighted by molar-refractivity contribution is 7.89. The lowest BCUT2D eigenvalue weighted by molar-refractivity contribution is 0.0184. The molecule has 118 valence electrons. The highest BCUT2D eigenvalue weighted by Gasteiger charge is 2.35. The molecule has 0 aliphatic carbocycles. The second-order valence-corrected chi connectivity index (χ2v) is 7.19. The molecule has 0 amide bonds. The molecule has 6 nitrogen and oxygen atoms in total. The van der Waals surface area contributed by atoms with Crippen molar-refractivity contribution in [3.05, 3.63) is 18.3 Å². The summed E-state index contributed by atoms with van der Waals surface area (Å²) < 4.78 is 32.6. The number of piperidine rings is 1. The van der Waals surface area contributed by atoms with E-state index in [1.165, 1.54) is 4.31 Å². The molecule has 2 unspecified atom stereocenters. The van der Waals surface area contributed by atoms with Gasteiger partial charge in [-0.2, -0.15) is 4.31 Å². The van der Waals surface area contributed by atoms with Gasteiger partial charge in [0.15, 0.2) is 0 Å². The van der Waals surface area contributed by atoms with E-state index in [-0.39, 0.29) is 11.0 Å². The van der Waals surface area contributed by atoms with Crippen molar-refractivity contribution in [2.75, 3.05) is 32.1 Å². The van der Waals surface area contributed by atoms with Crippen molar-refractivity contribution >= 4 is 15.8 Å². The average Bonchev–Trinajstić information content (AvgIpc) is 2.48. The van der Waals surface area contributed by atoms with Crippen LogP contribution < -0.4 is 5.32 Å². The fourth-order valence-corrected chi connectivity index (χ4v) is 4.16. The standard InChI is InChI=1S/C14H23N3O3S/c1-4-15-14-13(6-5-8-16-14)21(18,19)17-9-7-11(2)12(10-17)20-3/h5-6,8,11-12H,4,7,9-10H2,1-3H3,(H,15,16). The maximum absolute atomic E-state index is 12.8. The quantitative estimate of drug-likeness (QED) is 0.893. The predicted octanol–water partition coefficient (Wildman–Crippen LogP) is 1.56.